The van der Waals surface area contributed by atoms with Gasteiger partial charge >= 0.3 is 5.97 Å². The molecule has 0 atom stereocenters. The van der Waals surface area contributed by atoms with Crippen molar-refractivity contribution in [1.82, 2.24) is 4.98 Å². The van der Waals surface area contributed by atoms with E-state index in [-0.39, 0.29) is 12.4 Å². The van der Waals surface area contributed by atoms with Gasteiger partial charge in [-0.2, -0.15) is 0 Å². The summed E-state index contributed by atoms with van der Waals surface area (Å²) in [7, 11) is 0. The van der Waals surface area contributed by atoms with Crippen LogP contribution >= 0.6 is 27.3 Å². The van der Waals surface area contributed by atoms with Crippen LogP contribution in [-0.2, 0) is 14.3 Å². The number of carbonyl (C=O) groups excluding carboxylic acids is 3. The van der Waals surface area contributed by atoms with Crippen LogP contribution in [-0.4, -0.2) is 35.9 Å². The van der Waals surface area contributed by atoms with Crippen LogP contribution < -0.4 is 10.1 Å². The van der Waals surface area contributed by atoms with Gasteiger partial charge in [0, 0.05) is 11.1 Å². The quantitative estimate of drug-likeness (QED) is 0.395. The molecule has 0 saturated carbocycles. The van der Waals surface area contributed by atoms with Crippen LogP contribution in [0, 0.1) is 0 Å². The third-order valence-electron chi connectivity index (χ3n) is 3.60. The smallest absolute Gasteiger partial charge is 0.344 e. The van der Waals surface area contributed by atoms with Crippen molar-refractivity contribution in [2.45, 2.75) is 0 Å². The van der Waals surface area contributed by atoms with Gasteiger partial charge in [0.05, 0.1) is 9.98 Å². The molecule has 7 nitrogen and oxygen atoms in total. The average molecular weight is 475 g/mol. The van der Waals surface area contributed by atoms with Gasteiger partial charge in [-0.15, -0.1) is 0 Å². The van der Waals surface area contributed by atoms with Crippen LogP contribution in [0.15, 0.2) is 64.6 Å². The Hall–Kier alpha value is -3.04. The molecule has 0 fully saturated rings. The van der Waals surface area contributed by atoms with Crippen molar-refractivity contribution in [3.63, 3.8) is 0 Å². The minimum absolute atomic E-state index is 0.102. The number of anilines is 1. The van der Waals surface area contributed by atoms with Crippen molar-refractivity contribution >= 4 is 50.1 Å². The fourth-order valence-electron chi connectivity index (χ4n) is 2.26. The second kappa shape index (κ2) is 9.94. The van der Waals surface area contributed by atoms with Crippen LogP contribution in [0.1, 0.15) is 15.9 Å². The van der Waals surface area contributed by atoms with E-state index in [4.69, 9.17) is 9.47 Å². The van der Waals surface area contributed by atoms with Gasteiger partial charge in [-0.25, -0.2) is 9.78 Å². The largest absolute Gasteiger partial charge is 0.482 e. The number of hydrogen-bond acceptors (Lipinski definition) is 7. The van der Waals surface area contributed by atoms with Crippen molar-refractivity contribution in [2.24, 2.45) is 0 Å². The van der Waals surface area contributed by atoms with Crippen LogP contribution in [0.3, 0.4) is 0 Å². The van der Waals surface area contributed by atoms with Gasteiger partial charge in [0.2, 0.25) is 0 Å². The van der Waals surface area contributed by atoms with Crippen molar-refractivity contribution in [2.75, 3.05) is 18.5 Å². The Kier molecular flexibility index (Phi) is 7.09. The van der Waals surface area contributed by atoms with E-state index in [1.165, 1.54) is 11.3 Å². The molecule has 29 heavy (non-hydrogen) atoms. The number of ether oxygens (including phenoxy) is 2. The second-order valence-electron chi connectivity index (χ2n) is 5.69. The predicted molar refractivity (Wildman–Crippen MR) is 111 cm³/mol. The van der Waals surface area contributed by atoms with E-state index < -0.39 is 18.5 Å². The zero-order chi connectivity index (χ0) is 20.6. The van der Waals surface area contributed by atoms with Crippen molar-refractivity contribution in [3.8, 4) is 5.75 Å². The van der Waals surface area contributed by atoms with Crippen molar-refractivity contribution < 1.29 is 23.9 Å². The summed E-state index contributed by atoms with van der Waals surface area (Å²) in [5.74, 6) is -0.882. The summed E-state index contributed by atoms with van der Waals surface area (Å²) >= 11 is 4.48. The van der Waals surface area contributed by atoms with E-state index in [0.29, 0.717) is 22.0 Å². The number of benzene rings is 2. The lowest BCUT2D eigenvalue weighted by atomic mass is 10.0. The summed E-state index contributed by atoms with van der Waals surface area (Å²) in [5, 5.41) is 2.91. The van der Waals surface area contributed by atoms with Gasteiger partial charge < -0.3 is 9.47 Å². The molecule has 0 spiro atoms. The number of rotatable bonds is 8. The lowest BCUT2D eigenvalue weighted by Gasteiger charge is -2.08. The van der Waals surface area contributed by atoms with Crippen LogP contribution in [0.4, 0.5) is 5.13 Å². The van der Waals surface area contributed by atoms with E-state index in [9.17, 15) is 14.4 Å². The number of hydrogen-bond donors (Lipinski definition) is 1. The molecule has 0 radical (unpaired) electrons. The van der Waals surface area contributed by atoms with Gasteiger partial charge in [-0.05, 0) is 40.2 Å². The minimum atomic E-state index is -0.690. The molecule has 3 rings (SSSR count). The molecule has 9 heteroatoms. The topological polar surface area (TPSA) is 94.6 Å². The first-order valence-corrected chi connectivity index (χ1v) is 10.0. The summed E-state index contributed by atoms with van der Waals surface area (Å²) in [6.45, 7) is -0.800. The molecule has 1 heterocycles. The molecule has 0 unspecified atom stereocenters. The highest BCUT2D eigenvalue weighted by molar-refractivity contribution is 9.11. The Morgan fingerprint density at radius 3 is 2.31 bits per heavy atom. The zero-order valence-electron chi connectivity index (χ0n) is 15.0. The normalized spacial score (nSPS) is 10.2. The molecule has 2 aromatic carbocycles. The summed E-state index contributed by atoms with van der Waals surface area (Å²) in [5.41, 5.74) is 1.10. The number of ketones is 1. The van der Waals surface area contributed by atoms with Crippen LogP contribution in [0.2, 0.25) is 0 Å². The molecule has 148 valence electrons. The highest BCUT2D eigenvalue weighted by Crippen LogP contribution is 2.22. The van der Waals surface area contributed by atoms with Crippen molar-refractivity contribution in [1.29, 1.82) is 0 Å². The number of nitrogens with one attached hydrogen (secondary N) is 1. The van der Waals surface area contributed by atoms with E-state index >= 15 is 0 Å². The summed E-state index contributed by atoms with van der Waals surface area (Å²) in [6.07, 6.45) is 1.55. The number of amides is 1. The highest BCUT2D eigenvalue weighted by Gasteiger charge is 2.12. The van der Waals surface area contributed by atoms with Gasteiger partial charge in [-0.3, -0.25) is 14.9 Å². The Balaban J connectivity index is 1.43. The maximum absolute atomic E-state index is 12.3. The molecule has 3 aromatic rings. The molecule has 1 aromatic heterocycles. The molecule has 0 aliphatic rings. The number of aromatic nitrogens is 1. The molecule has 0 aliphatic carbocycles. The minimum Gasteiger partial charge on any atom is -0.482 e. The van der Waals surface area contributed by atoms with Crippen LogP contribution in [0.25, 0.3) is 0 Å². The SMILES string of the molecule is O=C(COC(=O)COc1ccc(C(=O)c2ccccc2)cc1)Nc1ncc(Br)s1. The highest BCUT2D eigenvalue weighted by atomic mass is 79.9. The first-order chi connectivity index (χ1) is 14.0. The molecule has 1 amide bonds. The molecule has 0 bridgehead atoms. The van der Waals surface area contributed by atoms with E-state index in [0.717, 1.165) is 3.79 Å². The summed E-state index contributed by atoms with van der Waals surface area (Å²) in [4.78, 5) is 39.7. The third-order valence-corrected chi connectivity index (χ3v) is 4.99. The number of thiazole rings is 1. The van der Waals surface area contributed by atoms with Gasteiger partial charge in [0.15, 0.2) is 24.1 Å². The maximum atomic E-state index is 12.3. The Morgan fingerprint density at radius 2 is 1.66 bits per heavy atom. The number of halogens is 1. The van der Waals surface area contributed by atoms with Crippen LogP contribution in [0.5, 0.6) is 5.75 Å². The van der Waals surface area contributed by atoms with Gasteiger partial charge in [-0.1, -0.05) is 41.7 Å². The monoisotopic (exact) mass is 474 g/mol. The lowest BCUT2D eigenvalue weighted by molar-refractivity contribution is -0.149. The third kappa shape index (κ3) is 6.23. The lowest BCUT2D eigenvalue weighted by Crippen LogP contribution is -2.23. The Labute approximate surface area is 178 Å². The molecule has 0 saturated heterocycles. The number of carbonyl (C=O) groups is 3. The van der Waals surface area contributed by atoms with Gasteiger partial charge in [0.1, 0.15) is 5.75 Å². The molecular weight excluding hydrogens is 460 g/mol. The van der Waals surface area contributed by atoms with E-state index in [2.05, 4.69) is 26.2 Å². The molecule has 1 N–H and O–H groups in total. The predicted octanol–water partition coefficient (Wildman–Crippen LogP) is 3.70. The fourth-order valence-corrected chi connectivity index (χ4v) is 3.38. The Bertz CT molecular complexity index is 1010. The van der Waals surface area contributed by atoms with E-state index in [1.54, 1.807) is 54.7 Å². The van der Waals surface area contributed by atoms with Crippen molar-refractivity contribution in [3.05, 3.63) is 75.7 Å². The molecule has 0 aliphatic heterocycles. The number of nitrogens with zero attached hydrogens (tertiary/aromatic N) is 1. The average Bonchev–Trinajstić information content (AvgIpc) is 3.15. The number of esters is 1. The maximum Gasteiger partial charge on any atom is 0.344 e. The molecular formula is C20H15BrN2O5S. The van der Waals surface area contributed by atoms with E-state index in [1.807, 2.05) is 6.07 Å². The first kappa shape index (κ1) is 20.7. The fraction of sp³-hybridized carbons (Fsp3) is 0.100. The summed E-state index contributed by atoms with van der Waals surface area (Å²) in [6, 6.07) is 15.4. The Morgan fingerprint density at radius 1 is 0.966 bits per heavy atom. The van der Waals surface area contributed by atoms with Gasteiger partial charge in [0.25, 0.3) is 5.91 Å². The second-order valence-corrected chi connectivity index (χ2v) is 8.10. The first-order valence-electron chi connectivity index (χ1n) is 8.40. The zero-order valence-corrected chi connectivity index (χ0v) is 17.4. The summed E-state index contributed by atoms with van der Waals surface area (Å²) < 4.78 is 11.0. The standard InChI is InChI=1S/C20H15BrN2O5S/c21-16-10-22-20(29-16)23-17(24)11-28-18(25)12-27-15-8-6-14(7-9-15)19(26)13-4-2-1-3-5-13/h1-10H,11-12H2,(H,22,23,24).